The highest BCUT2D eigenvalue weighted by molar-refractivity contribution is 5.31. The fourth-order valence-electron chi connectivity index (χ4n) is 3.27. The van der Waals surface area contributed by atoms with Gasteiger partial charge in [-0.05, 0) is 52.6 Å². The molecule has 124 valence electrons. The van der Waals surface area contributed by atoms with Crippen molar-refractivity contribution in [3.05, 3.63) is 27.7 Å². The number of aliphatic hydroxyl groups is 1. The average Bonchev–Trinajstić information content (AvgIpc) is 2.46. The molecule has 2 rings (SSSR count). The van der Waals surface area contributed by atoms with E-state index in [0.29, 0.717) is 12.2 Å². The highest BCUT2D eigenvalue weighted by Gasteiger charge is 2.27. The third-order valence-electron chi connectivity index (χ3n) is 4.71. The maximum atomic E-state index is 12.0. The predicted octanol–water partition coefficient (Wildman–Crippen LogP) is 1.82. The van der Waals surface area contributed by atoms with Crippen LogP contribution in [0.2, 0.25) is 0 Å². The second-order valence-corrected chi connectivity index (χ2v) is 7.21. The van der Waals surface area contributed by atoms with E-state index in [1.165, 1.54) is 6.07 Å². The Morgan fingerprint density at radius 2 is 1.91 bits per heavy atom. The van der Waals surface area contributed by atoms with Crippen molar-refractivity contribution in [3.63, 3.8) is 0 Å². The number of aromatic hydroxyl groups is 1. The third-order valence-corrected chi connectivity index (χ3v) is 4.71. The van der Waals surface area contributed by atoms with Crippen LogP contribution in [0.4, 0.5) is 0 Å². The zero-order valence-electron chi connectivity index (χ0n) is 14.1. The molecule has 1 aliphatic rings. The van der Waals surface area contributed by atoms with Crippen molar-refractivity contribution in [1.82, 2.24) is 9.47 Å². The van der Waals surface area contributed by atoms with Crippen molar-refractivity contribution < 1.29 is 10.2 Å². The number of aliphatic hydroxyl groups excluding tert-OH is 1. The minimum atomic E-state index is -0.562. The molecule has 5 heteroatoms. The smallest absolute Gasteiger partial charge is 0.223 e. The Labute approximate surface area is 132 Å². The zero-order valence-corrected chi connectivity index (χ0v) is 14.1. The van der Waals surface area contributed by atoms with Crippen LogP contribution >= 0.6 is 0 Å². The van der Waals surface area contributed by atoms with Gasteiger partial charge in [0.05, 0.1) is 17.8 Å². The van der Waals surface area contributed by atoms with Crippen molar-refractivity contribution >= 4 is 0 Å². The van der Waals surface area contributed by atoms with Gasteiger partial charge in [0.1, 0.15) is 0 Å². The van der Waals surface area contributed by atoms with Crippen LogP contribution in [0.15, 0.2) is 10.9 Å². The maximum Gasteiger partial charge on any atom is 0.223 e. The lowest BCUT2D eigenvalue weighted by molar-refractivity contribution is 0.142. The SMILES string of the molecule is Cc1cc(=O)c(O)c(CN2CCC(C)CC2)n1C(C)(C)CO. The lowest BCUT2D eigenvalue weighted by Crippen LogP contribution is -2.39. The van der Waals surface area contributed by atoms with Gasteiger partial charge in [-0.15, -0.1) is 0 Å². The molecule has 0 unspecified atom stereocenters. The van der Waals surface area contributed by atoms with E-state index in [9.17, 15) is 15.0 Å². The largest absolute Gasteiger partial charge is 0.503 e. The summed E-state index contributed by atoms with van der Waals surface area (Å²) < 4.78 is 1.90. The van der Waals surface area contributed by atoms with Gasteiger partial charge in [0.25, 0.3) is 0 Å². The van der Waals surface area contributed by atoms with Gasteiger partial charge in [0.2, 0.25) is 5.43 Å². The lowest BCUT2D eigenvalue weighted by atomic mass is 9.98. The summed E-state index contributed by atoms with van der Waals surface area (Å²) in [5, 5.41) is 20.0. The Bertz CT molecular complexity index is 584. The van der Waals surface area contributed by atoms with Crippen LogP contribution in [0.3, 0.4) is 0 Å². The molecule has 0 aliphatic carbocycles. The molecule has 0 aromatic carbocycles. The van der Waals surface area contributed by atoms with Crippen molar-refractivity contribution in [2.45, 2.75) is 52.6 Å². The second-order valence-electron chi connectivity index (χ2n) is 7.21. The van der Waals surface area contributed by atoms with E-state index in [2.05, 4.69) is 11.8 Å². The van der Waals surface area contributed by atoms with E-state index in [-0.39, 0.29) is 17.8 Å². The minimum absolute atomic E-state index is 0.0554. The summed E-state index contributed by atoms with van der Waals surface area (Å²) in [6.07, 6.45) is 2.28. The molecule has 22 heavy (non-hydrogen) atoms. The van der Waals surface area contributed by atoms with Crippen LogP contribution in [0.5, 0.6) is 5.75 Å². The Kier molecular flexibility index (Phi) is 4.97. The first-order valence-electron chi connectivity index (χ1n) is 8.04. The first kappa shape index (κ1) is 17.0. The number of likely N-dealkylation sites (tertiary alicyclic amines) is 1. The fourth-order valence-corrected chi connectivity index (χ4v) is 3.27. The number of rotatable bonds is 4. The van der Waals surface area contributed by atoms with Gasteiger partial charge in [-0.3, -0.25) is 9.69 Å². The van der Waals surface area contributed by atoms with Gasteiger partial charge in [-0.25, -0.2) is 0 Å². The van der Waals surface area contributed by atoms with E-state index >= 15 is 0 Å². The minimum Gasteiger partial charge on any atom is -0.503 e. The molecule has 1 aromatic heterocycles. The molecule has 0 saturated carbocycles. The van der Waals surface area contributed by atoms with Crippen LogP contribution < -0.4 is 5.43 Å². The van der Waals surface area contributed by atoms with Gasteiger partial charge in [-0.2, -0.15) is 0 Å². The molecule has 2 heterocycles. The summed E-state index contributed by atoms with van der Waals surface area (Å²) in [6, 6.07) is 1.44. The van der Waals surface area contributed by atoms with Crippen LogP contribution in [0, 0.1) is 12.8 Å². The van der Waals surface area contributed by atoms with Gasteiger partial charge >= 0.3 is 0 Å². The zero-order chi connectivity index (χ0) is 16.5. The molecule has 0 bridgehead atoms. The Morgan fingerprint density at radius 1 is 1.32 bits per heavy atom. The summed E-state index contributed by atoms with van der Waals surface area (Å²) in [5.74, 6) is 0.546. The number of pyridine rings is 1. The van der Waals surface area contributed by atoms with E-state index in [1.807, 2.05) is 25.3 Å². The van der Waals surface area contributed by atoms with E-state index < -0.39 is 5.54 Å². The van der Waals surface area contributed by atoms with Gasteiger partial charge < -0.3 is 14.8 Å². The van der Waals surface area contributed by atoms with Crippen LogP contribution in [-0.2, 0) is 12.1 Å². The van der Waals surface area contributed by atoms with Gasteiger partial charge in [0, 0.05) is 18.3 Å². The molecule has 0 radical (unpaired) electrons. The van der Waals surface area contributed by atoms with Crippen LogP contribution in [0.1, 0.15) is 45.0 Å². The summed E-state index contributed by atoms with van der Waals surface area (Å²) in [4.78, 5) is 14.3. The predicted molar refractivity (Wildman–Crippen MR) is 87.2 cm³/mol. The summed E-state index contributed by atoms with van der Waals surface area (Å²) in [6.45, 7) is 10.4. The first-order valence-corrected chi connectivity index (χ1v) is 8.04. The Balaban J connectivity index is 2.42. The van der Waals surface area contributed by atoms with E-state index in [0.717, 1.165) is 37.5 Å². The van der Waals surface area contributed by atoms with Crippen LogP contribution in [0.25, 0.3) is 0 Å². The standard InChI is InChI=1S/C17H28N2O3/c1-12-5-7-18(8-6-12)10-14-16(22)15(21)9-13(2)19(14)17(3,4)11-20/h9,12,20,22H,5-8,10-11H2,1-4H3. The second kappa shape index (κ2) is 6.42. The first-order chi connectivity index (χ1) is 10.3. The van der Waals surface area contributed by atoms with Gasteiger partial charge in [0.15, 0.2) is 5.75 Å². The van der Waals surface area contributed by atoms with Crippen molar-refractivity contribution in [2.75, 3.05) is 19.7 Å². The normalized spacial score (nSPS) is 17.9. The molecule has 0 amide bonds. The Hall–Kier alpha value is -1.33. The number of hydrogen-bond acceptors (Lipinski definition) is 4. The molecule has 5 nitrogen and oxygen atoms in total. The van der Waals surface area contributed by atoms with Crippen molar-refractivity contribution in [3.8, 4) is 5.75 Å². The summed E-state index contributed by atoms with van der Waals surface area (Å²) >= 11 is 0. The molecule has 0 spiro atoms. The molecule has 1 aromatic rings. The molecule has 1 saturated heterocycles. The highest BCUT2D eigenvalue weighted by Crippen LogP contribution is 2.27. The third kappa shape index (κ3) is 3.36. The van der Waals surface area contributed by atoms with E-state index in [1.54, 1.807) is 0 Å². The molecule has 2 N–H and O–H groups in total. The lowest BCUT2D eigenvalue weighted by Gasteiger charge is -2.35. The number of hydrogen-bond donors (Lipinski definition) is 2. The van der Waals surface area contributed by atoms with Crippen molar-refractivity contribution in [2.24, 2.45) is 5.92 Å². The quantitative estimate of drug-likeness (QED) is 0.890. The number of aryl methyl sites for hydroxylation is 1. The average molecular weight is 308 g/mol. The summed E-state index contributed by atoms with van der Waals surface area (Å²) in [5.41, 5.74) is 0.469. The van der Waals surface area contributed by atoms with Crippen LogP contribution in [-0.4, -0.2) is 39.4 Å². The molecule has 1 aliphatic heterocycles. The molecule has 1 fully saturated rings. The fraction of sp³-hybridized carbons (Fsp3) is 0.706. The monoisotopic (exact) mass is 308 g/mol. The van der Waals surface area contributed by atoms with Gasteiger partial charge in [-0.1, -0.05) is 6.92 Å². The van der Waals surface area contributed by atoms with Crippen molar-refractivity contribution in [1.29, 1.82) is 0 Å². The van der Waals surface area contributed by atoms with E-state index in [4.69, 9.17) is 0 Å². The topological polar surface area (TPSA) is 65.7 Å². The molecular weight excluding hydrogens is 280 g/mol. The summed E-state index contributed by atoms with van der Waals surface area (Å²) in [7, 11) is 0. The highest BCUT2D eigenvalue weighted by atomic mass is 16.3. The molecular formula is C17H28N2O3. The number of nitrogens with zero attached hydrogens (tertiary/aromatic N) is 2. The molecule has 0 atom stereocenters. The maximum absolute atomic E-state index is 12.0. The number of aromatic nitrogens is 1. The number of piperidine rings is 1. The Morgan fingerprint density at radius 3 is 2.45 bits per heavy atom.